The number of imide groups is 1. The highest BCUT2D eigenvalue weighted by molar-refractivity contribution is 6.22. The number of carbonyl (C=O) groups excluding carboxylic acids is 2. The molecule has 2 aliphatic rings. The molecule has 1 fully saturated rings. The summed E-state index contributed by atoms with van der Waals surface area (Å²) in [6.07, 6.45) is 8.78. The number of hydrogen-bond donors (Lipinski definition) is 0. The van der Waals surface area contributed by atoms with Gasteiger partial charge in [0.1, 0.15) is 11.6 Å². The molecule has 5 rings (SSSR count). The van der Waals surface area contributed by atoms with Gasteiger partial charge in [0.05, 0.1) is 35.2 Å². The Bertz CT molecular complexity index is 1500. The Morgan fingerprint density at radius 3 is 2.66 bits per heavy atom. The molecule has 3 aromatic rings. The summed E-state index contributed by atoms with van der Waals surface area (Å²) in [6.45, 7) is 3.02. The quantitative estimate of drug-likeness (QED) is 0.277. The number of rotatable bonds is 11. The Hall–Kier alpha value is -4.04. The molecule has 1 aromatic heterocycles. The summed E-state index contributed by atoms with van der Waals surface area (Å²) in [5, 5.41) is 0.497. The lowest BCUT2D eigenvalue weighted by Gasteiger charge is -2.18. The maximum absolute atomic E-state index is 13.6. The van der Waals surface area contributed by atoms with Gasteiger partial charge < -0.3 is 9.47 Å². The molecule has 0 spiro atoms. The predicted molar refractivity (Wildman–Crippen MR) is 145 cm³/mol. The van der Waals surface area contributed by atoms with Crippen LogP contribution in [-0.4, -0.2) is 53.1 Å². The first-order chi connectivity index (χ1) is 18.5. The maximum Gasteiger partial charge on any atom is 0.265 e. The smallest absolute Gasteiger partial charge is 0.265 e. The molecule has 2 heterocycles. The first kappa shape index (κ1) is 25.6. The van der Waals surface area contributed by atoms with E-state index in [4.69, 9.17) is 14.5 Å². The van der Waals surface area contributed by atoms with Gasteiger partial charge in [-0.3, -0.25) is 23.9 Å². The van der Waals surface area contributed by atoms with Crippen LogP contribution in [0.1, 0.15) is 52.7 Å². The number of ether oxygens (including phenoxy) is 2. The highest BCUT2D eigenvalue weighted by Crippen LogP contribution is 2.34. The molecule has 0 bridgehead atoms. The van der Waals surface area contributed by atoms with Crippen molar-refractivity contribution in [1.82, 2.24) is 14.5 Å². The minimum Gasteiger partial charge on any atom is -0.492 e. The fourth-order valence-electron chi connectivity index (χ4n) is 4.65. The number of allylic oxidation sites excluding steroid dienone is 3. The third-order valence-electron chi connectivity index (χ3n) is 6.76. The zero-order valence-corrected chi connectivity index (χ0v) is 21.7. The van der Waals surface area contributed by atoms with Crippen molar-refractivity contribution in [3.8, 4) is 5.75 Å². The van der Waals surface area contributed by atoms with Gasteiger partial charge in [-0.05, 0) is 55.5 Å². The van der Waals surface area contributed by atoms with E-state index in [0.29, 0.717) is 64.9 Å². The lowest BCUT2D eigenvalue weighted by atomic mass is 10.1. The maximum atomic E-state index is 13.6. The van der Waals surface area contributed by atoms with E-state index in [1.165, 1.54) is 4.90 Å². The molecule has 1 aliphatic heterocycles. The molecule has 0 atom stereocenters. The summed E-state index contributed by atoms with van der Waals surface area (Å²) in [6, 6.07) is 12.3. The summed E-state index contributed by atoms with van der Waals surface area (Å²) < 4.78 is 12.6. The van der Waals surface area contributed by atoms with E-state index in [9.17, 15) is 14.4 Å². The fraction of sp³-hybridized carbons (Fsp3) is 0.333. The van der Waals surface area contributed by atoms with E-state index >= 15 is 0 Å². The molecule has 196 valence electrons. The molecule has 0 unspecified atom stereocenters. The third-order valence-corrected chi connectivity index (χ3v) is 6.76. The van der Waals surface area contributed by atoms with Crippen LogP contribution in [-0.2, 0) is 11.2 Å². The van der Waals surface area contributed by atoms with Crippen LogP contribution in [0.2, 0.25) is 0 Å². The van der Waals surface area contributed by atoms with Crippen molar-refractivity contribution >= 4 is 28.4 Å². The number of nitrogens with zero attached hydrogens (tertiary/aromatic N) is 3. The highest BCUT2D eigenvalue weighted by atomic mass is 16.5. The SMILES string of the molecule is CC/C=C(\C=C/COC)n1c(CCN2C(=O)c3cccc(OCC4CC4)c3C2=O)nc2ccccc2c1=O. The van der Waals surface area contributed by atoms with Crippen molar-refractivity contribution in [2.75, 3.05) is 26.9 Å². The van der Waals surface area contributed by atoms with Crippen LogP contribution in [0.5, 0.6) is 5.75 Å². The molecular formula is C30H31N3O5. The Morgan fingerprint density at radius 2 is 1.89 bits per heavy atom. The first-order valence-corrected chi connectivity index (χ1v) is 13.0. The second kappa shape index (κ2) is 11.1. The minimum atomic E-state index is -0.379. The molecule has 0 N–H and O–H groups in total. The van der Waals surface area contributed by atoms with Gasteiger partial charge in [-0.1, -0.05) is 37.3 Å². The zero-order chi connectivity index (χ0) is 26.6. The first-order valence-electron chi connectivity index (χ1n) is 13.0. The lowest BCUT2D eigenvalue weighted by molar-refractivity contribution is 0.0654. The standard InChI is InChI=1S/C30H31N3O5/c1-3-8-21(9-7-18-37-2)33-26(31-24-12-5-4-10-22(24)29(33)35)16-17-32-28(34)23-11-6-13-25(27(23)30(32)36)38-19-20-14-15-20/h4-13,20H,3,14-19H2,1-2H3/b9-7-,21-8+. The predicted octanol–water partition coefficient (Wildman–Crippen LogP) is 4.48. The van der Waals surface area contributed by atoms with Gasteiger partial charge in [-0.25, -0.2) is 4.98 Å². The van der Waals surface area contributed by atoms with E-state index in [2.05, 4.69) is 0 Å². The summed E-state index contributed by atoms with van der Waals surface area (Å²) in [4.78, 5) is 46.3. The van der Waals surface area contributed by atoms with Gasteiger partial charge in [-0.2, -0.15) is 0 Å². The van der Waals surface area contributed by atoms with Gasteiger partial charge in [0.15, 0.2) is 0 Å². The van der Waals surface area contributed by atoms with E-state index < -0.39 is 0 Å². The van der Waals surface area contributed by atoms with Gasteiger partial charge in [0.25, 0.3) is 17.4 Å². The molecule has 0 saturated heterocycles. The Morgan fingerprint density at radius 1 is 1.08 bits per heavy atom. The number of carbonyl (C=O) groups is 2. The van der Waals surface area contributed by atoms with Gasteiger partial charge >= 0.3 is 0 Å². The molecule has 1 aliphatic carbocycles. The van der Waals surface area contributed by atoms with Gasteiger partial charge in [-0.15, -0.1) is 0 Å². The summed E-state index contributed by atoms with van der Waals surface area (Å²) in [5.41, 5.74) is 1.70. The van der Waals surface area contributed by atoms with Crippen LogP contribution in [0.3, 0.4) is 0 Å². The van der Waals surface area contributed by atoms with Crippen LogP contribution in [0, 0.1) is 5.92 Å². The second-order valence-electron chi connectivity index (χ2n) is 9.53. The summed E-state index contributed by atoms with van der Waals surface area (Å²) >= 11 is 0. The molecule has 0 radical (unpaired) electrons. The van der Waals surface area contributed by atoms with E-state index in [1.807, 2.05) is 31.2 Å². The Labute approximate surface area is 221 Å². The normalized spacial score (nSPS) is 15.6. The number of aromatic nitrogens is 2. The number of para-hydroxylation sites is 1. The second-order valence-corrected chi connectivity index (χ2v) is 9.53. The van der Waals surface area contributed by atoms with Crippen molar-refractivity contribution in [3.05, 3.63) is 88.0 Å². The Balaban J connectivity index is 1.47. The molecule has 1 saturated carbocycles. The third kappa shape index (κ3) is 5.04. The van der Waals surface area contributed by atoms with Gasteiger partial charge in [0.2, 0.25) is 0 Å². The monoisotopic (exact) mass is 513 g/mol. The van der Waals surface area contributed by atoms with Gasteiger partial charge in [0, 0.05) is 25.8 Å². The number of methoxy groups -OCH3 is 1. The zero-order valence-electron chi connectivity index (χ0n) is 21.7. The van der Waals surface area contributed by atoms with Crippen LogP contribution in [0.4, 0.5) is 0 Å². The fourth-order valence-corrected chi connectivity index (χ4v) is 4.65. The van der Waals surface area contributed by atoms with E-state index in [1.54, 1.807) is 48.1 Å². The van der Waals surface area contributed by atoms with Crippen molar-refractivity contribution in [2.24, 2.45) is 5.92 Å². The van der Waals surface area contributed by atoms with Crippen molar-refractivity contribution < 1.29 is 19.1 Å². The van der Waals surface area contributed by atoms with E-state index in [-0.39, 0.29) is 30.3 Å². The number of amides is 2. The highest BCUT2D eigenvalue weighted by Gasteiger charge is 2.38. The van der Waals surface area contributed by atoms with Crippen LogP contribution in [0.25, 0.3) is 16.6 Å². The molecule has 38 heavy (non-hydrogen) atoms. The number of hydrogen-bond acceptors (Lipinski definition) is 6. The average Bonchev–Trinajstić information content (AvgIpc) is 3.72. The van der Waals surface area contributed by atoms with Crippen LogP contribution < -0.4 is 10.3 Å². The largest absolute Gasteiger partial charge is 0.492 e. The topological polar surface area (TPSA) is 90.7 Å². The Kier molecular flexibility index (Phi) is 7.51. The van der Waals surface area contributed by atoms with Crippen LogP contribution >= 0.6 is 0 Å². The van der Waals surface area contributed by atoms with E-state index in [0.717, 1.165) is 12.8 Å². The molecule has 2 amide bonds. The van der Waals surface area contributed by atoms with Crippen LogP contribution in [0.15, 0.2) is 65.5 Å². The van der Waals surface area contributed by atoms with Crippen molar-refractivity contribution in [2.45, 2.75) is 32.6 Å². The summed E-state index contributed by atoms with van der Waals surface area (Å²) in [5.74, 6) is 0.703. The summed E-state index contributed by atoms with van der Waals surface area (Å²) in [7, 11) is 1.60. The number of fused-ring (bicyclic) bond motifs is 2. The molecule has 2 aromatic carbocycles. The average molecular weight is 514 g/mol. The number of benzene rings is 2. The van der Waals surface area contributed by atoms with Crippen molar-refractivity contribution in [3.63, 3.8) is 0 Å². The molecule has 8 heteroatoms. The molecular weight excluding hydrogens is 482 g/mol. The van der Waals surface area contributed by atoms with Crippen molar-refractivity contribution in [1.29, 1.82) is 0 Å². The lowest BCUT2D eigenvalue weighted by Crippen LogP contribution is -2.34. The minimum absolute atomic E-state index is 0.0837. The molecule has 8 nitrogen and oxygen atoms in total.